The second kappa shape index (κ2) is 3.48. The number of hydrogen-bond donors (Lipinski definition) is 1. The highest BCUT2D eigenvalue weighted by Crippen LogP contribution is 2.15. The number of aromatic nitrogens is 1. The van der Waals surface area contributed by atoms with Crippen LogP contribution in [0.5, 0.6) is 0 Å². The first-order chi connectivity index (χ1) is 6.38. The summed E-state index contributed by atoms with van der Waals surface area (Å²) in [6.45, 7) is 8.06. The van der Waals surface area contributed by atoms with Gasteiger partial charge in [-0.1, -0.05) is 6.92 Å². The van der Waals surface area contributed by atoms with E-state index in [1.165, 1.54) is 0 Å². The predicted molar refractivity (Wildman–Crippen MR) is 59.5 cm³/mol. The third-order valence-corrected chi connectivity index (χ3v) is 2.23. The summed E-state index contributed by atoms with van der Waals surface area (Å²) >= 11 is 0. The van der Waals surface area contributed by atoms with E-state index < -0.39 is 0 Å². The van der Waals surface area contributed by atoms with Gasteiger partial charge in [-0.05, 0) is 39.3 Å². The minimum Gasteiger partial charge on any atom is -0.394 e. The Hall–Kier alpha value is -1.25. The molecule has 78 valence electrons. The quantitative estimate of drug-likeness (QED) is 0.740. The summed E-state index contributed by atoms with van der Waals surface area (Å²) in [5.74, 6) is 0. The molecule has 0 aliphatic rings. The Labute approximate surface area is 84.6 Å². The number of anilines is 1. The number of pyridine rings is 1. The van der Waals surface area contributed by atoms with Gasteiger partial charge in [-0.15, -0.1) is 0 Å². The third kappa shape index (κ3) is 1.81. The van der Waals surface area contributed by atoms with Gasteiger partial charge in [0.1, 0.15) is 0 Å². The standard InChI is InChI=1S/C11H18N2O/c1-5-8-6-7-9(12)10(14)13(8)11(2,3)4/h6-7H,5,12H2,1-4H3. The van der Waals surface area contributed by atoms with E-state index in [4.69, 9.17) is 5.73 Å². The first-order valence-electron chi connectivity index (χ1n) is 4.88. The summed E-state index contributed by atoms with van der Waals surface area (Å²) in [5, 5.41) is 0. The van der Waals surface area contributed by atoms with Crippen LogP contribution >= 0.6 is 0 Å². The summed E-state index contributed by atoms with van der Waals surface area (Å²) in [4.78, 5) is 11.8. The molecule has 0 radical (unpaired) electrons. The smallest absolute Gasteiger partial charge is 0.274 e. The molecule has 3 nitrogen and oxygen atoms in total. The highest BCUT2D eigenvalue weighted by Gasteiger charge is 2.18. The van der Waals surface area contributed by atoms with Crippen molar-refractivity contribution in [3.8, 4) is 0 Å². The molecular weight excluding hydrogens is 176 g/mol. The number of nitrogen functional groups attached to an aromatic ring is 1. The summed E-state index contributed by atoms with van der Waals surface area (Å²) < 4.78 is 1.77. The molecule has 1 heterocycles. The maximum absolute atomic E-state index is 11.8. The van der Waals surface area contributed by atoms with Gasteiger partial charge in [0, 0.05) is 11.2 Å². The lowest BCUT2D eigenvalue weighted by Crippen LogP contribution is -2.37. The van der Waals surface area contributed by atoms with Crippen LogP contribution in [0, 0.1) is 0 Å². The molecule has 0 atom stereocenters. The van der Waals surface area contributed by atoms with Gasteiger partial charge < -0.3 is 10.3 Å². The zero-order valence-electron chi connectivity index (χ0n) is 9.29. The number of nitrogens with zero attached hydrogens (tertiary/aromatic N) is 1. The molecule has 0 fully saturated rings. The largest absolute Gasteiger partial charge is 0.394 e. The molecule has 0 aromatic carbocycles. The van der Waals surface area contributed by atoms with Crippen molar-refractivity contribution in [1.82, 2.24) is 4.57 Å². The predicted octanol–water partition coefficient (Wildman–Crippen LogP) is 1.75. The molecule has 1 rings (SSSR count). The molecule has 0 spiro atoms. The monoisotopic (exact) mass is 194 g/mol. The molecular formula is C11H18N2O. The summed E-state index contributed by atoms with van der Waals surface area (Å²) in [7, 11) is 0. The molecule has 0 saturated carbocycles. The van der Waals surface area contributed by atoms with Crippen LogP contribution in [0.25, 0.3) is 0 Å². The zero-order chi connectivity index (χ0) is 10.9. The first-order valence-corrected chi connectivity index (χ1v) is 4.88. The van der Waals surface area contributed by atoms with Gasteiger partial charge >= 0.3 is 0 Å². The second-order valence-electron chi connectivity index (χ2n) is 4.44. The molecule has 14 heavy (non-hydrogen) atoms. The van der Waals surface area contributed by atoms with Crippen LogP contribution in [0.3, 0.4) is 0 Å². The van der Waals surface area contributed by atoms with Gasteiger partial charge in [-0.2, -0.15) is 0 Å². The third-order valence-electron chi connectivity index (χ3n) is 2.23. The Morgan fingerprint density at radius 3 is 2.36 bits per heavy atom. The Balaban J connectivity index is 3.52. The molecule has 1 aromatic rings. The van der Waals surface area contributed by atoms with Crippen LogP contribution in [0.2, 0.25) is 0 Å². The lowest BCUT2D eigenvalue weighted by Gasteiger charge is -2.26. The van der Waals surface area contributed by atoms with Gasteiger partial charge in [-0.3, -0.25) is 4.79 Å². The van der Waals surface area contributed by atoms with E-state index in [1.807, 2.05) is 33.8 Å². The topological polar surface area (TPSA) is 48.0 Å². The van der Waals surface area contributed by atoms with Crippen LogP contribution in [0.4, 0.5) is 5.69 Å². The van der Waals surface area contributed by atoms with E-state index in [9.17, 15) is 4.79 Å². The SMILES string of the molecule is CCc1ccc(N)c(=O)n1C(C)(C)C. The fraction of sp³-hybridized carbons (Fsp3) is 0.545. The Morgan fingerprint density at radius 1 is 1.36 bits per heavy atom. The molecule has 0 aliphatic carbocycles. The average molecular weight is 194 g/mol. The lowest BCUT2D eigenvalue weighted by atomic mass is 10.1. The van der Waals surface area contributed by atoms with E-state index in [1.54, 1.807) is 10.6 Å². The number of nitrogens with two attached hydrogens (primary N) is 1. The Bertz CT molecular complexity index is 385. The van der Waals surface area contributed by atoms with Crippen molar-refractivity contribution < 1.29 is 0 Å². The molecule has 0 bridgehead atoms. The highest BCUT2D eigenvalue weighted by molar-refractivity contribution is 5.36. The van der Waals surface area contributed by atoms with Gasteiger partial charge in [0.25, 0.3) is 5.56 Å². The lowest BCUT2D eigenvalue weighted by molar-refractivity contribution is 0.373. The fourth-order valence-corrected chi connectivity index (χ4v) is 1.60. The molecule has 0 amide bonds. The molecule has 0 unspecified atom stereocenters. The Kier molecular flexibility index (Phi) is 2.69. The van der Waals surface area contributed by atoms with Crippen LogP contribution in [-0.2, 0) is 12.0 Å². The van der Waals surface area contributed by atoms with Crippen molar-refractivity contribution in [2.45, 2.75) is 39.7 Å². The minimum absolute atomic E-state index is 0.0862. The maximum Gasteiger partial charge on any atom is 0.274 e. The summed E-state index contributed by atoms with van der Waals surface area (Å²) in [5.41, 5.74) is 6.65. The normalized spacial score (nSPS) is 11.7. The van der Waals surface area contributed by atoms with Gasteiger partial charge in [0.05, 0.1) is 5.69 Å². The van der Waals surface area contributed by atoms with Crippen LogP contribution in [-0.4, -0.2) is 4.57 Å². The number of aryl methyl sites for hydroxylation is 1. The highest BCUT2D eigenvalue weighted by atomic mass is 16.1. The van der Waals surface area contributed by atoms with Crippen molar-refractivity contribution in [1.29, 1.82) is 0 Å². The summed E-state index contributed by atoms with van der Waals surface area (Å²) in [6.07, 6.45) is 0.840. The van der Waals surface area contributed by atoms with Gasteiger partial charge in [0.2, 0.25) is 0 Å². The fourth-order valence-electron chi connectivity index (χ4n) is 1.60. The van der Waals surface area contributed by atoms with Crippen LogP contribution in [0.15, 0.2) is 16.9 Å². The van der Waals surface area contributed by atoms with E-state index in [0.29, 0.717) is 5.69 Å². The number of rotatable bonds is 1. The van der Waals surface area contributed by atoms with Crippen molar-refractivity contribution in [2.75, 3.05) is 5.73 Å². The second-order valence-corrected chi connectivity index (χ2v) is 4.44. The van der Waals surface area contributed by atoms with Crippen molar-refractivity contribution in [3.63, 3.8) is 0 Å². The Morgan fingerprint density at radius 2 is 1.93 bits per heavy atom. The minimum atomic E-state index is -0.211. The average Bonchev–Trinajstić information content (AvgIpc) is 2.07. The first kappa shape index (κ1) is 10.8. The van der Waals surface area contributed by atoms with Crippen molar-refractivity contribution >= 4 is 5.69 Å². The molecule has 3 heteroatoms. The van der Waals surface area contributed by atoms with Crippen LogP contribution < -0.4 is 11.3 Å². The van der Waals surface area contributed by atoms with Gasteiger partial charge in [0.15, 0.2) is 0 Å². The molecule has 1 aromatic heterocycles. The van der Waals surface area contributed by atoms with Crippen LogP contribution in [0.1, 0.15) is 33.4 Å². The molecule has 0 aliphatic heterocycles. The molecule has 0 saturated heterocycles. The molecule has 2 N–H and O–H groups in total. The maximum atomic E-state index is 11.8. The summed E-state index contributed by atoms with van der Waals surface area (Å²) in [6, 6.07) is 3.60. The van der Waals surface area contributed by atoms with E-state index in [0.717, 1.165) is 12.1 Å². The van der Waals surface area contributed by atoms with E-state index in [2.05, 4.69) is 0 Å². The van der Waals surface area contributed by atoms with Gasteiger partial charge in [-0.25, -0.2) is 0 Å². The van der Waals surface area contributed by atoms with E-state index >= 15 is 0 Å². The van der Waals surface area contributed by atoms with E-state index in [-0.39, 0.29) is 11.1 Å². The number of hydrogen-bond acceptors (Lipinski definition) is 2. The van der Waals surface area contributed by atoms with Crippen molar-refractivity contribution in [2.24, 2.45) is 0 Å². The zero-order valence-corrected chi connectivity index (χ0v) is 9.29. The van der Waals surface area contributed by atoms with Crippen molar-refractivity contribution in [3.05, 3.63) is 28.2 Å².